The fraction of sp³-hybridized carbons (Fsp3) is 0.667. The van der Waals surface area contributed by atoms with E-state index in [0.717, 1.165) is 24.8 Å². The monoisotopic (exact) mass is 423 g/mol. The van der Waals surface area contributed by atoms with Gasteiger partial charge in [-0.2, -0.15) is 0 Å². The van der Waals surface area contributed by atoms with Crippen molar-refractivity contribution >= 4 is 16.1 Å². The van der Waals surface area contributed by atoms with Gasteiger partial charge in [0.1, 0.15) is 5.60 Å². The third-order valence-corrected chi connectivity index (χ3v) is 6.83. The summed E-state index contributed by atoms with van der Waals surface area (Å²) in [6.07, 6.45) is 4.02. The van der Waals surface area contributed by atoms with E-state index in [1.165, 1.54) is 12.0 Å². The molecule has 0 radical (unpaired) electrons. The van der Waals surface area contributed by atoms with Gasteiger partial charge in [0.15, 0.2) is 0 Å². The molecule has 0 atom stereocenters. The van der Waals surface area contributed by atoms with Crippen LogP contribution in [-0.2, 0) is 27.6 Å². The van der Waals surface area contributed by atoms with Crippen molar-refractivity contribution in [3.8, 4) is 0 Å². The van der Waals surface area contributed by atoms with E-state index in [1.54, 1.807) is 11.0 Å². The molecule has 0 unspecified atom stereocenters. The minimum Gasteiger partial charge on any atom is -0.444 e. The number of hydrogen-bond donors (Lipinski definition) is 1. The largest absolute Gasteiger partial charge is 0.444 e. The summed E-state index contributed by atoms with van der Waals surface area (Å²) in [4.78, 5) is 16.3. The zero-order valence-corrected chi connectivity index (χ0v) is 18.6. The number of sulfonamides is 1. The van der Waals surface area contributed by atoms with E-state index >= 15 is 0 Å². The van der Waals surface area contributed by atoms with Crippen LogP contribution in [0.15, 0.2) is 23.1 Å². The van der Waals surface area contributed by atoms with E-state index in [1.807, 2.05) is 32.9 Å². The number of ether oxygens (including phenoxy) is 1. The molecule has 1 fully saturated rings. The van der Waals surface area contributed by atoms with Crippen LogP contribution in [0.3, 0.4) is 0 Å². The third-order valence-electron chi connectivity index (χ3n) is 5.37. The Labute approximate surface area is 174 Å². The molecule has 1 saturated heterocycles. The minimum absolute atomic E-state index is 0.287. The number of nitrogens with one attached hydrogen (secondary N) is 1. The Morgan fingerprint density at radius 2 is 1.72 bits per heavy atom. The van der Waals surface area contributed by atoms with Crippen LogP contribution in [0.4, 0.5) is 4.79 Å². The number of carbonyl (C=O) groups excluding carboxylic acids is 1. The Hall–Kier alpha value is -1.64. The van der Waals surface area contributed by atoms with Crippen LogP contribution in [0.1, 0.15) is 44.7 Å². The first-order chi connectivity index (χ1) is 13.6. The fourth-order valence-electron chi connectivity index (χ4n) is 3.78. The number of piperazine rings is 1. The highest BCUT2D eigenvalue weighted by molar-refractivity contribution is 7.89. The summed E-state index contributed by atoms with van der Waals surface area (Å²) in [5, 5.41) is 0. The molecule has 0 saturated carbocycles. The number of hydrogen-bond acceptors (Lipinski definition) is 5. The van der Waals surface area contributed by atoms with Crippen LogP contribution >= 0.6 is 0 Å². The maximum Gasteiger partial charge on any atom is 0.410 e. The topological polar surface area (TPSA) is 79.0 Å². The second-order valence-electron chi connectivity index (χ2n) is 8.84. The highest BCUT2D eigenvalue weighted by Gasteiger charge is 2.26. The second-order valence-corrected chi connectivity index (χ2v) is 10.6. The van der Waals surface area contributed by atoms with Gasteiger partial charge in [0, 0.05) is 39.3 Å². The fourth-order valence-corrected chi connectivity index (χ4v) is 4.85. The van der Waals surface area contributed by atoms with E-state index in [-0.39, 0.29) is 6.09 Å². The molecular formula is C21H33N3O4S. The van der Waals surface area contributed by atoms with Crippen LogP contribution in [-0.4, -0.2) is 69.2 Å². The predicted molar refractivity (Wildman–Crippen MR) is 113 cm³/mol. The number of carbonyl (C=O) groups is 1. The summed E-state index contributed by atoms with van der Waals surface area (Å²) in [6.45, 7) is 9.14. The van der Waals surface area contributed by atoms with Crippen molar-refractivity contribution in [2.75, 3.05) is 39.3 Å². The van der Waals surface area contributed by atoms with Gasteiger partial charge in [0.05, 0.1) is 4.90 Å². The first-order valence-corrected chi connectivity index (χ1v) is 11.9. The van der Waals surface area contributed by atoms with E-state index < -0.39 is 15.6 Å². The van der Waals surface area contributed by atoms with Gasteiger partial charge >= 0.3 is 6.09 Å². The molecule has 1 aromatic rings. The van der Waals surface area contributed by atoms with Crippen molar-refractivity contribution in [3.63, 3.8) is 0 Å². The Balaban J connectivity index is 1.45. The highest BCUT2D eigenvalue weighted by atomic mass is 32.2. The molecule has 8 heteroatoms. The average molecular weight is 424 g/mol. The molecule has 29 heavy (non-hydrogen) atoms. The lowest BCUT2D eigenvalue weighted by molar-refractivity contribution is 0.0147. The van der Waals surface area contributed by atoms with Crippen molar-refractivity contribution in [3.05, 3.63) is 29.3 Å². The van der Waals surface area contributed by atoms with Crippen molar-refractivity contribution in [2.45, 2.75) is 57.0 Å². The predicted octanol–water partition coefficient (Wildman–Crippen LogP) is 2.40. The van der Waals surface area contributed by atoms with Gasteiger partial charge in [0.2, 0.25) is 10.0 Å². The number of fused-ring (bicyclic) bond motifs is 1. The number of rotatable bonds is 5. The molecule has 1 aliphatic carbocycles. The third kappa shape index (κ3) is 6.17. The summed E-state index contributed by atoms with van der Waals surface area (Å²) in [5.74, 6) is 0. The maximum atomic E-state index is 12.6. The molecule has 1 aliphatic heterocycles. The SMILES string of the molecule is CC(C)(C)OC(=O)N1CCN(CCNS(=O)(=O)c2ccc3c(c2)CCCC3)CC1. The molecule has 1 amide bonds. The van der Waals surface area contributed by atoms with E-state index in [9.17, 15) is 13.2 Å². The van der Waals surface area contributed by atoms with Gasteiger partial charge in [-0.1, -0.05) is 6.07 Å². The highest BCUT2D eigenvalue weighted by Crippen LogP contribution is 2.24. The quantitative estimate of drug-likeness (QED) is 0.787. The Bertz CT molecular complexity index is 825. The molecule has 3 rings (SSSR count). The Morgan fingerprint density at radius 1 is 1.07 bits per heavy atom. The van der Waals surface area contributed by atoms with Crippen LogP contribution in [0.25, 0.3) is 0 Å². The van der Waals surface area contributed by atoms with Crippen LogP contribution in [0.5, 0.6) is 0 Å². The number of benzene rings is 1. The van der Waals surface area contributed by atoms with Gasteiger partial charge in [-0.25, -0.2) is 17.9 Å². The molecule has 0 bridgehead atoms. The number of nitrogens with zero attached hydrogens (tertiary/aromatic N) is 2. The van der Waals surface area contributed by atoms with Crippen molar-refractivity contribution < 1.29 is 17.9 Å². The standard InChI is InChI=1S/C21H33N3O4S/c1-21(2,3)28-20(25)24-14-12-23(13-15-24)11-10-22-29(26,27)19-9-8-17-6-4-5-7-18(17)16-19/h8-9,16,22H,4-7,10-15H2,1-3H3. The lowest BCUT2D eigenvalue weighted by Crippen LogP contribution is -2.51. The lowest BCUT2D eigenvalue weighted by Gasteiger charge is -2.35. The zero-order chi connectivity index (χ0) is 21.1. The summed E-state index contributed by atoms with van der Waals surface area (Å²) in [6, 6.07) is 5.50. The lowest BCUT2D eigenvalue weighted by atomic mass is 9.92. The molecule has 162 valence electrons. The second kappa shape index (κ2) is 9.02. The summed E-state index contributed by atoms with van der Waals surface area (Å²) in [7, 11) is -3.50. The number of amides is 1. The minimum atomic E-state index is -3.50. The first kappa shape index (κ1) is 22.1. The average Bonchev–Trinajstić information content (AvgIpc) is 2.66. The summed E-state index contributed by atoms with van der Waals surface area (Å²) < 4.78 is 33.4. The van der Waals surface area contributed by atoms with Gasteiger partial charge in [-0.3, -0.25) is 4.90 Å². The molecule has 1 heterocycles. The molecule has 2 aliphatic rings. The van der Waals surface area contributed by atoms with Gasteiger partial charge < -0.3 is 9.64 Å². The van der Waals surface area contributed by atoms with Crippen molar-refractivity contribution in [2.24, 2.45) is 0 Å². The van der Waals surface area contributed by atoms with Gasteiger partial charge in [-0.05, 0) is 69.7 Å². The van der Waals surface area contributed by atoms with Crippen molar-refractivity contribution in [1.82, 2.24) is 14.5 Å². The van der Waals surface area contributed by atoms with Crippen LogP contribution in [0, 0.1) is 0 Å². The first-order valence-electron chi connectivity index (χ1n) is 10.5. The Morgan fingerprint density at radius 3 is 2.38 bits per heavy atom. The zero-order valence-electron chi connectivity index (χ0n) is 17.7. The molecule has 7 nitrogen and oxygen atoms in total. The molecule has 0 aromatic heterocycles. The van der Waals surface area contributed by atoms with Crippen LogP contribution < -0.4 is 4.72 Å². The smallest absolute Gasteiger partial charge is 0.410 e. The Kier molecular flexibility index (Phi) is 6.86. The molecule has 0 spiro atoms. The van der Waals surface area contributed by atoms with Crippen LogP contribution in [0.2, 0.25) is 0 Å². The molecule has 1 aromatic carbocycles. The number of aryl methyl sites for hydroxylation is 2. The molecular weight excluding hydrogens is 390 g/mol. The van der Waals surface area contributed by atoms with E-state index in [0.29, 0.717) is 44.2 Å². The normalized spacial score (nSPS) is 18.4. The van der Waals surface area contributed by atoms with Gasteiger partial charge in [-0.15, -0.1) is 0 Å². The summed E-state index contributed by atoms with van der Waals surface area (Å²) in [5.41, 5.74) is 1.94. The van der Waals surface area contributed by atoms with E-state index in [2.05, 4.69) is 9.62 Å². The maximum absolute atomic E-state index is 12.6. The van der Waals surface area contributed by atoms with Crippen molar-refractivity contribution in [1.29, 1.82) is 0 Å². The van der Waals surface area contributed by atoms with E-state index in [4.69, 9.17) is 4.74 Å². The summed E-state index contributed by atoms with van der Waals surface area (Å²) >= 11 is 0. The van der Waals surface area contributed by atoms with Gasteiger partial charge in [0.25, 0.3) is 0 Å². The molecule has 1 N–H and O–H groups in total.